The van der Waals surface area contributed by atoms with E-state index in [0.717, 1.165) is 90.5 Å². The van der Waals surface area contributed by atoms with Gasteiger partial charge in [0, 0.05) is 106 Å². The number of nitrogens with one attached hydrogen (secondary N) is 2. The number of carbonyl (C=O) groups excluding carboxylic acids is 2. The molecule has 0 fully saturated rings. The van der Waals surface area contributed by atoms with Gasteiger partial charge in [0.05, 0.1) is 48.0 Å². The number of unbranched alkanes of at least 4 members (excludes halogenated alkanes) is 1. The highest BCUT2D eigenvalue weighted by atomic mass is 32.1. The minimum Gasteiger partial charge on any atom is -0.358 e. The molecule has 334 valence electrons. The number of hydrogen-bond donors (Lipinski definition) is 2. The molecule has 3 aromatic heterocycles. The maximum absolute atomic E-state index is 14.0. The summed E-state index contributed by atoms with van der Waals surface area (Å²) in [4.78, 5) is 57.5. The lowest BCUT2D eigenvalue weighted by atomic mass is 9.91. The van der Waals surface area contributed by atoms with Crippen LogP contribution in [0.2, 0.25) is 0 Å². The van der Waals surface area contributed by atoms with Gasteiger partial charge >= 0.3 is 0 Å². The van der Waals surface area contributed by atoms with Crippen LogP contribution in [0, 0.1) is 39.0 Å². The number of nitrogens with zero attached hydrogens (tertiary/aromatic N) is 5. The van der Waals surface area contributed by atoms with Gasteiger partial charge in [0.1, 0.15) is 6.23 Å². The van der Waals surface area contributed by atoms with E-state index in [1.807, 2.05) is 32.3 Å². The topological polar surface area (TPSA) is 141 Å². The standard InChI is InChI=1S/C52H55N7O4S2/c1-9-54-43(60)24-40-36-22-45(62)58(6)27-38(36)52-48(50(56-40)35-19-15-33(26-53)16-20-35)31(4)42(65-52)12-10-11-21-55-44(61)25-41-37-23-46(63-8)59(7)28-39(37)51-47(30(3)32(5)64-51)49(57-41)34-17-13-29(2)14-18-34/h13-20,22-23,27-28,40-41,46H,9-12,21,24-25H2,1-8H3,(H,54,60)(H,55,61)/t40-,41-,46?/m0/s1. The van der Waals surface area contributed by atoms with Crippen molar-refractivity contribution in [3.05, 3.63) is 154 Å². The zero-order valence-corrected chi connectivity index (χ0v) is 39.9. The number of thiophene rings is 2. The summed E-state index contributed by atoms with van der Waals surface area (Å²) < 4.78 is 7.44. The zero-order valence-electron chi connectivity index (χ0n) is 38.3. The van der Waals surface area contributed by atoms with E-state index in [1.165, 1.54) is 20.9 Å². The van der Waals surface area contributed by atoms with Crippen molar-refractivity contribution in [2.75, 3.05) is 27.2 Å². The molecule has 3 aliphatic heterocycles. The van der Waals surface area contributed by atoms with Gasteiger partial charge in [-0.3, -0.25) is 24.4 Å². The molecule has 3 atom stereocenters. The molecule has 0 radical (unpaired) electrons. The van der Waals surface area contributed by atoms with Crippen molar-refractivity contribution in [3.63, 3.8) is 0 Å². The number of amides is 2. The molecule has 0 saturated carbocycles. The van der Waals surface area contributed by atoms with Crippen LogP contribution < -0.4 is 16.2 Å². The molecule has 1 unspecified atom stereocenters. The molecule has 65 heavy (non-hydrogen) atoms. The fraction of sp³-hybridized carbons (Fsp3) is 0.346. The number of aryl methyl sites for hydroxylation is 4. The smallest absolute Gasteiger partial charge is 0.250 e. The number of hydrogen-bond acceptors (Lipinski definition) is 10. The molecule has 0 spiro atoms. The fourth-order valence-electron chi connectivity index (χ4n) is 8.99. The molecule has 2 amide bonds. The molecular formula is C52H55N7O4S2. The van der Waals surface area contributed by atoms with Crippen molar-refractivity contribution in [3.8, 4) is 16.5 Å². The summed E-state index contributed by atoms with van der Waals surface area (Å²) >= 11 is 3.47. The van der Waals surface area contributed by atoms with Gasteiger partial charge in [-0.15, -0.1) is 22.7 Å². The van der Waals surface area contributed by atoms with Crippen molar-refractivity contribution in [1.29, 1.82) is 5.26 Å². The monoisotopic (exact) mass is 905 g/mol. The van der Waals surface area contributed by atoms with Crippen LogP contribution in [0.1, 0.15) is 103 Å². The van der Waals surface area contributed by atoms with Crippen LogP contribution in [0.5, 0.6) is 0 Å². The molecule has 2 aromatic carbocycles. The average molecular weight is 906 g/mol. The Morgan fingerprint density at radius 2 is 1.49 bits per heavy atom. The first-order valence-electron chi connectivity index (χ1n) is 22.2. The second kappa shape index (κ2) is 19.1. The van der Waals surface area contributed by atoms with Crippen LogP contribution in [0.15, 0.2) is 93.4 Å². The van der Waals surface area contributed by atoms with Crippen molar-refractivity contribution in [1.82, 2.24) is 20.1 Å². The fourth-order valence-corrected chi connectivity index (χ4v) is 11.6. The number of fused-ring (bicyclic) bond motifs is 6. The van der Waals surface area contributed by atoms with E-state index < -0.39 is 12.1 Å². The average Bonchev–Trinajstić information content (AvgIpc) is 3.68. The van der Waals surface area contributed by atoms with E-state index >= 15 is 0 Å². The van der Waals surface area contributed by atoms with Gasteiger partial charge < -0.3 is 24.8 Å². The summed E-state index contributed by atoms with van der Waals surface area (Å²) in [6.07, 6.45) is 8.53. The van der Waals surface area contributed by atoms with Gasteiger partial charge in [0.15, 0.2) is 0 Å². The molecule has 0 aliphatic carbocycles. The van der Waals surface area contributed by atoms with Crippen molar-refractivity contribution < 1.29 is 14.3 Å². The van der Waals surface area contributed by atoms with Gasteiger partial charge in [0.25, 0.3) is 5.56 Å². The van der Waals surface area contributed by atoms with Gasteiger partial charge in [0.2, 0.25) is 11.8 Å². The quantitative estimate of drug-likeness (QED) is 0.113. The summed E-state index contributed by atoms with van der Waals surface area (Å²) in [5, 5.41) is 15.7. The lowest BCUT2D eigenvalue weighted by Gasteiger charge is -2.31. The lowest BCUT2D eigenvalue weighted by Crippen LogP contribution is -2.33. The Bertz CT molecular complexity index is 2910. The third-order valence-electron chi connectivity index (χ3n) is 12.6. The maximum atomic E-state index is 14.0. The van der Waals surface area contributed by atoms with Crippen molar-refractivity contribution >= 4 is 51.5 Å². The van der Waals surface area contributed by atoms with E-state index in [0.29, 0.717) is 18.7 Å². The van der Waals surface area contributed by atoms with Crippen LogP contribution in [0.4, 0.5) is 0 Å². The molecule has 5 aromatic rings. The predicted octanol–water partition coefficient (Wildman–Crippen LogP) is 8.63. The normalized spacial score (nSPS) is 17.5. The van der Waals surface area contributed by atoms with E-state index in [1.54, 1.807) is 59.6 Å². The highest BCUT2D eigenvalue weighted by Gasteiger charge is 2.35. The second-order valence-electron chi connectivity index (χ2n) is 17.1. The number of carbonyl (C=O) groups is 2. The SMILES string of the molecule is CCNC(=O)C[C@@H]1N=C(c2ccc(C#N)cc2)c2c(sc(CCCCNC(=O)C[C@@H]3N=C(c4ccc(C)cc4)c4c(sc(C)c4C)C4=CN(C)C(OC)C=C43)c2C)-c2cn(C)c(=O)cc21. The minimum absolute atomic E-state index is 0.0556. The summed E-state index contributed by atoms with van der Waals surface area (Å²) in [5.41, 5.74) is 13.2. The largest absolute Gasteiger partial charge is 0.358 e. The first-order chi connectivity index (χ1) is 31.3. The Hall–Kier alpha value is -6.20. The van der Waals surface area contributed by atoms with E-state index in [2.05, 4.69) is 85.8 Å². The Morgan fingerprint density at radius 1 is 0.846 bits per heavy atom. The molecular weight excluding hydrogens is 851 g/mol. The third-order valence-corrected chi connectivity index (χ3v) is 15.3. The maximum Gasteiger partial charge on any atom is 0.250 e. The molecule has 0 saturated heterocycles. The Kier molecular flexibility index (Phi) is 13.3. The molecule has 11 nitrogen and oxygen atoms in total. The Morgan fingerprint density at radius 3 is 2.17 bits per heavy atom. The number of pyridine rings is 1. The van der Waals surface area contributed by atoms with E-state index in [9.17, 15) is 19.6 Å². The van der Waals surface area contributed by atoms with Crippen LogP contribution in [0.3, 0.4) is 0 Å². The van der Waals surface area contributed by atoms with E-state index in [4.69, 9.17) is 14.7 Å². The predicted molar refractivity (Wildman–Crippen MR) is 262 cm³/mol. The number of aromatic nitrogens is 1. The van der Waals surface area contributed by atoms with Crippen molar-refractivity contribution in [2.45, 2.75) is 85.0 Å². The first-order valence-corrected chi connectivity index (χ1v) is 23.8. The number of rotatable bonds is 13. The van der Waals surface area contributed by atoms with Gasteiger partial charge in [-0.1, -0.05) is 42.0 Å². The number of benzene rings is 2. The summed E-state index contributed by atoms with van der Waals surface area (Å²) in [6, 6.07) is 18.7. The number of ether oxygens (including phenoxy) is 1. The first kappa shape index (κ1) is 45.4. The molecule has 6 heterocycles. The number of nitriles is 1. The van der Waals surface area contributed by atoms with Crippen LogP contribution in [-0.4, -0.2) is 72.2 Å². The second-order valence-corrected chi connectivity index (χ2v) is 19.4. The lowest BCUT2D eigenvalue weighted by molar-refractivity contribution is -0.122. The van der Waals surface area contributed by atoms with Crippen molar-refractivity contribution in [2.24, 2.45) is 17.0 Å². The third kappa shape index (κ3) is 9.08. The summed E-state index contributed by atoms with van der Waals surface area (Å²) in [5.74, 6) is -0.196. The number of methoxy groups -OCH3 is 1. The zero-order chi connectivity index (χ0) is 46.1. The molecule has 8 rings (SSSR count). The number of aliphatic imine (C=N–C) groups is 2. The highest BCUT2D eigenvalue weighted by molar-refractivity contribution is 7.16. The molecule has 2 N–H and O–H groups in total. The highest BCUT2D eigenvalue weighted by Crippen LogP contribution is 2.46. The summed E-state index contributed by atoms with van der Waals surface area (Å²) in [6.45, 7) is 11.4. The molecule has 0 bridgehead atoms. The Balaban J connectivity index is 1.03. The van der Waals surface area contributed by atoms with Crippen LogP contribution in [-0.2, 0) is 27.8 Å². The Labute approximate surface area is 388 Å². The van der Waals surface area contributed by atoms with Gasteiger partial charge in [-0.05, 0) is 94.4 Å². The molecule has 3 aliphatic rings. The molecule has 13 heteroatoms. The van der Waals surface area contributed by atoms with Crippen LogP contribution >= 0.6 is 22.7 Å². The summed E-state index contributed by atoms with van der Waals surface area (Å²) in [7, 11) is 5.46. The van der Waals surface area contributed by atoms with Crippen LogP contribution in [0.25, 0.3) is 16.0 Å². The number of likely N-dealkylation sites (N-methyl/N-ethyl adjacent to an activating group) is 1. The van der Waals surface area contributed by atoms with Gasteiger partial charge in [-0.2, -0.15) is 5.26 Å². The minimum atomic E-state index is -0.582. The van der Waals surface area contributed by atoms with Gasteiger partial charge in [-0.25, -0.2) is 0 Å². The van der Waals surface area contributed by atoms with E-state index in [-0.39, 0.29) is 36.4 Å².